The number of nitrogens with zero attached hydrogens (tertiary/aromatic N) is 3. The van der Waals surface area contributed by atoms with Crippen molar-refractivity contribution in [3.63, 3.8) is 0 Å². The first-order chi connectivity index (χ1) is 12.3. The number of amides is 2. The molecule has 2 fully saturated rings. The van der Waals surface area contributed by atoms with Crippen LogP contribution in [0.5, 0.6) is 0 Å². The Kier molecular flexibility index (Phi) is 5.58. The SMILES string of the molecule is C[C@@H]1CCCC[C@H]1NC(=O)N1CCN(c2ccc(C(F)(F)F)cn2)CC1. The fourth-order valence-corrected chi connectivity index (χ4v) is 3.66. The quantitative estimate of drug-likeness (QED) is 0.867. The van der Waals surface area contributed by atoms with Crippen LogP contribution in [-0.2, 0) is 6.18 Å². The first kappa shape index (κ1) is 18.8. The van der Waals surface area contributed by atoms with E-state index in [-0.39, 0.29) is 12.1 Å². The molecule has 1 aromatic heterocycles. The molecule has 2 atom stereocenters. The first-order valence-electron chi connectivity index (χ1n) is 9.18. The lowest BCUT2D eigenvalue weighted by atomic mass is 9.86. The molecule has 0 spiro atoms. The molecule has 1 aliphatic heterocycles. The van der Waals surface area contributed by atoms with Gasteiger partial charge in [-0.15, -0.1) is 0 Å². The molecule has 144 valence electrons. The lowest BCUT2D eigenvalue weighted by Gasteiger charge is -2.37. The lowest BCUT2D eigenvalue weighted by Crippen LogP contribution is -2.54. The largest absolute Gasteiger partial charge is 0.417 e. The van der Waals surface area contributed by atoms with Crippen molar-refractivity contribution in [2.75, 3.05) is 31.1 Å². The molecule has 0 bridgehead atoms. The fraction of sp³-hybridized carbons (Fsp3) is 0.667. The molecule has 0 unspecified atom stereocenters. The Hall–Kier alpha value is -1.99. The van der Waals surface area contributed by atoms with E-state index in [1.165, 1.54) is 12.5 Å². The van der Waals surface area contributed by atoms with E-state index in [9.17, 15) is 18.0 Å². The molecule has 1 aliphatic carbocycles. The second-order valence-electron chi connectivity index (χ2n) is 7.19. The Bertz CT molecular complexity index is 612. The van der Waals surface area contributed by atoms with Crippen molar-refractivity contribution in [1.29, 1.82) is 0 Å². The van der Waals surface area contributed by atoms with E-state index in [1.54, 1.807) is 4.90 Å². The highest BCUT2D eigenvalue weighted by Crippen LogP contribution is 2.29. The second kappa shape index (κ2) is 7.72. The standard InChI is InChI=1S/C18H25F3N4O/c1-13-4-2-3-5-15(13)23-17(26)25-10-8-24(9-11-25)16-7-6-14(12-22-16)18(19,20)21/h6-7,12-13,15H,2-5,8-11H2,1H3,(H,23,26)/t13-,15-/m1/s1. The topological polar surface area (TPSA) is 48.5 Å². The van der Waals surface area contributed by atoms with Crippen LogP contribution >= 0.6 is 0 Å². The number of nitrogens with one attached hydrogen (secondary N) is 1. The van der Waals surface area contributed by atoms with Crippen LogP contribution in [0.25, 0.3) is 0 Å². The molecule has 5 nitrogen and oxygen atoms in total. The van der Waals surface area contributed by atoms with Gasteiger partial charge in [0.15, 0.2) is 0 Å². The number of urea groups is 1. The number of hydrogen-bond donors (Lipinski definition) is 1. The van der Waals surface area contributed by atoms with Crippen LogP contribution in [-0.4, -0.2) is 48.1 Å². The Labute approximate surface area is 151 Å². The molecule has 0 radical (unpaired) electrons. The normalized spacial score (nSPS) is 24.5. The van der Waals surface area contributed by atoms with Crippen molar-refractivity contribution in [1.82, 2.24) is 15.2 Å². The zero-order chi connectivity index (χ0) is 18.7. The van der Waals surface area contributed by atoms with Gasteiger partial charge in [0.25, 0.3) is 0 Å². The van der Waals surface area contributed by atoms with Crippen LogP contribution in [0, 0.1) is 5.92 Å². The predicted molar refractivity (Wildman–Crippen MR) is 93.0 cm³/mol. The van der Waals surface area contributed by atoms with Crippen molar-refractivity contribution in [3.8, 4) is 0 Å². The molecule has 1 saturated heterocycles. The third-order valence-electron chi connectivity index (χ3n) is 5.39. The maximum Gasteiger partial charge on any atom is 0.417 e. The summed E-state index contributed by atoms with van der Waals surface area (Å²) < 4.78 is 37.9. The average molecular weight is 370 g/mol. The van der Waals surface area contributed by atoms with Gasteiger partial charge in [-0.3, -0.25) is 0 Å². The minimum Gasteiger partial charge on any atom is -0.353 e. The van der Waals surface area contributed by atoms with Crippen molar-refractivity contribution < 1.29 is 18.0 Å². The van der Waals surface area contributed by atoms with Gasteiger partial charge in [-0.25, -0.2) is 9.78 Å². The molecular formula is C18H25F3N4O. The monoisotopic (exact) mass is 370 g/mol. The summed E-state index contributed by atoms with van der Waals surface area (Å²) in [5.41, 5.74) is -0.749. The van der Waals surface area contributed by atoms with E-state index in [0.717, 1.165) is 31.5 Å². The third-order valence-corrected chi connectivity index (χ3v) is 5.39. The molecule has 1 aromatic rings. The molecule has 2 heterocycles. The Morgan fingerprint density at radius 2 is 1.85 bits per heavy atom. The highest BCUT2D eigenvalue weighted by molar-refractivity contribution is 5.75. The predicted octanol–water partition coefficient (Wildman–Crippen LogP) is 3.51. The van der Waals surface area contributed by atoms with Gasteiger partial charge >= 0.3 is 12.2 Å². The Balaban J connectivity index is 1.51. The van der Waals surface area contributed by atoms with Gasteiger partial charge in [-0.1, -0.05) is 19.8 Å². The van der Waals surface area contributed by atoms with Crippen molar-refractivity contribution in [3.05, 3.63) is 23.9 Å². The van der Waals surface area contributed by atoms with Crippen LogP contribution in [0.1, 0.15) is 38.2 Å². The molecule has 0 aromatic carbocycles. The summed E-state index contributed by atoms with van der Waals surface area (Å²) in [6.45, 7) is 4.38. The minimum atomic E-state index is -4.38. The molecule has 8 heteroatoms. The van der Waals surface area contributed by atoms with Crippen LogP contribution in [0.15, 0.2) is 18.3 Å². The molecule has 3 rings (SSSR count). The summed E-state index contributed by atoms with van der Waals surface area (Å²) in [5, 5.41) is 3.14. The van der Waals surface area contributed by atoms with E-state index in [4.69, 9.17) is 0 Å². The van der Waals surface area contributed by atoms with Gasteiger partial charge in [0.2, 0.25) is 0 Å². The Morgan fingerprint density at radius 3 is 2.42 bits per heavy atom. The smallest absolute Gasteiger partial charge is 0.353 e. The summed E-state index contributed by atoms with van der Waals surface area (Å²) in [7, 11) is 0. The maximum atomic E-state index is 12.6. The molecule has 2 amide bonds. The second-order valence-corrected chi connectivity index (χ2v) is 7.19. The summed E-state index contributed by atoms with van der Waals surface area (Å²) in [6.07, 6.45) is 1.05. The number of rotatable bonds is 2. The minimum absolute atomic E-state index is 0.0382. The van der Waals surface area contributed by atoms with Crippen molar-refractivity contribution >= 4 is 11.8 Å². The summed E-state index contributed by atoms with van der Waals surface area (Å²) in [6, 6.07) is 2.64. The zero-order valence-electron chi connectivity index (χ0n) is 14.9. The maximum absolute atomic E-state index is 12.6. The van der Waals surface area contributed by atoms with E-state index in [0.29, 0.717) is 37.9 Å². The lowest BCUT2D eigenvalue weighted by molar-refractivity contribution is -0.137. The highest BCUT2D eigenvalue weighted by Gasteiger charge is 2.31. The number of halogens is 3. The number of pyridine rings is 1. The zero-order valence-corrected chi connectivity index (χ0v) is 14.9. The summed E-state index contributed by atoms with van der Waals surface area (Å²) in [5.74, 6) is 1.02. The number of hydrogen-bond acceptors (Lipinski definition) is 3. The van der Waals surface area contributed by atoms with Crippen LogP contribution < -0.4 is 10.2 Å². The van der Waals surface area contributed by atoms with Gasteiger partial charge in [0.1, 0.15) is 5.82 Å². The van der Waals surface area contributed by atoms with Crippen molar-refractivity contribution in [2.45, 2.75) is 44.8 Å². The summed E-state index contributed by atoms with van der Waals surface area (Å²) >= 11 is 0. The van der Waals surface area contributed by atoms with Gasteiger partial charge in [-0.05, 0) is 30.9 Å². The van der Waals surface area contributed by atoms with Gasteiger partial charge < -0.3 is 15.1 Å². The van der Waals surface area contributed by atoms with Gasteiger partial charge in [0, 0.05) is 38.4 Å². The number of alkyl halides is 3. The van der Waals surface area contributed by atoms with Crippen LogP contribution in [0.3, 0.4) is 0 Å². The average Bonchev–Trinajstić information content (AvgIpc) is 2.63. The molecule has 1 saturated carbocycles. The van der Waals surface area contributed by atoms with Crippen LogP contribution in [0.4, 0.5) is 23.8 Å². The van der Waals surface area contributed by atoms with E-state index < -0.39 is 11.7 Å². The third kappa shape index (κ3) is 4.40. The van der Waals surface area contributed by atoms with Crippen LogP contribution in [0.2, 0.25) is 0 Å². The van der Waals surface area contributed by atoms with Gasteiger partial charge in [0.05, 0.1) is 5.56 Å². The van der Waals surface area contributed by atoms with E-state index in [1.807, 2.05) is 4.90 Å². The highest BCUT2D eigenvalue weighted by atomic mass is 19.4. The Morgan fingerprint density at radius 1 is 1.15 bits per heavy atom. The summed E-state index contributed by atoms with van der Waals surface area (Å²) in [4.78, 5) is 20.1. The molecule has 1 N–H and O–H groups in total. The van der Waals surface area contributed by atoms with Crippen molar-refractivity contribution in [2.24, 2.45) is 5.92 Å². The molecular weight excluding hydrogens is 345 g/mol. The molecule has 26 heavy (non-hydrogen) atoms. The fourth-order valence-electron chi connectivity index (χ4n) is 3.66. The number of aromatic nitrogens is 1. The first-order valence-corrected chi connectivity index (χ1v) is 9.18. The number of anilines is 1. The number of carbonyl (C=O) groups excluding carboxylic acids is 1. The molecule has 2 aliphatic rings. The number of carbonyl (C=O) groups is 1. The van der Waals surface area contributed by atoms with E-state index >= 15 is 0 Å². The number of piperazine rings is 1. The van der Waals surface area contributed by atoms with Gasteiger partial charge in [-0.2, -0.15) is 13.2 Å². The van der Waals surface area contributed by atoms with E-state index in [2.05, 4.69) is 17.2 Å².